The number of amides is 2. The van der Waals surface area contributed by atoms with Crippen LogP contribution >= 0.6 is 0 Å². The van der Waals surface area contributed by atoms with Gasteiger partial charge in [0.25, 0.3) is 0 Å². The number of hydrogen-bond acceptors (Lipinski definition) is 4. The van der Waals surface area contributed by atoms with Crippen molar-refractivity contribution >= 4 is 17.5 Å². The van der Waals surface area contributed by atoms with Crippen LogP contribution < -0.4 is 16.8 Å². The summed E-state index contributed by atoms with van der Waals surface area (Å²) in [6, 6.07) is 4.95. The van der Waals surface area contributed by atoms with E-state index in [1.54, 1.807) is 18.2 Å². The Hall–Kier alpha value is -1.92. The average molecular weight is 319 g/mol. The number of ether oxygens (including phenoxy) is 1. The third kappa shape index (κ3) is 2.84. The highest BCUT2D eigenvalue weighted by atomic mass is 16.5. The molecule has 0 saturated heterocycles. The SMILES string of the molecule is CCOC1CC(N)(C(=O)Nc2cc(C(N)=O)ccc2C)C1(C)C. The van der Waals surface area contributed by atoms with Crippen LogP contribution in [0, 0.1) is 12.3 Å². The first-order chi connectivity index (χ1) is 10.6. The average Bonchev–Trinajstić information content (AvgIpc) is 2.48. The quantitative estimate of drug-likeness (QED) is 0.765. The van der Waals surface area contributed by atoms with E-state index in [1.165, 1.54) is 0 Å². The lowest BCUT2D eigenvalue weighted by atomic mass is 9.54. The molecule has 0 radical (unpaired) electrons. The molecule has 1 aromatic rings. The minimum Gasteiger partial charge on any atom is -0.378 e. The molecule has 2 unspecified atom stereocenters. The summed E-state index contributed by atoms with van der Waals surface area (Å²) in [5.74, 6) is -0.813. The van der Waals surface area contributed by atoms with Crippen LogP contribution in [-0.4, -0.2) is 30.1 Å². The molecule has 2 amide bonds. The maximum absolute atomic E-state index is 12.7. The van der Waals surface area contributed by atoms with Crippen molar-refractivity contribution in [2.24, 2.45) is 16.9 Å². The summed E-state index contributed by atoms with van der Waals surface area (Å²) < 4.78 is 5.64. The van der Waals surface area contributed by atoms with Crippen LogP contribution in [0.3, 0.4) is 0 Å². The van der Waals surface area contributed by atoms with Gasteiger partial charge in [-0.05, 0) is 31.5 Å². The van der Waals surface area contributed by atoms with Gasteiger partial charge >= 0.3 is 0 Å². The van der Waals surface area contributed by atoms with E-state index in [2.05, 4.69) is 5.32 Å². The standard InChI is InChI=1S/C17H25N3O3/c1-5-23-13-9-17(19,16(13,3)4)15(22)20-12-8-11(14(18)21)7-6-10(12)2/h6-8,13H,5,9,19H2,1-4H3,(H2,18,21)(H,20,22). The number of hydrogen-bond donors (Lipinski definition) is 3. The highest BCUT2D eigenvalue weighted by Gasteiger charge is 2.62. The van der Waals surface area contributed by atoms with Crippen molar-refractivity contribution < 1.29 is 14.3 Å². The number of benzene rings is 1. The molecule has 2 rings (SSSR count). The Morgan fingerprint density at radius 2 is 2.04 bits per heavy atom. The number of aryl methyl sites for hydroxylation is 1. The third-order valence-electron chi connectivity index (χ3n) is 5.01. The lowest BCUT2D eigenvalue weighted by molar-refractivity contribution is -0.166. The smallest absolute Gasteiger partial charge is 0.248 e. The van der Waals surface area contributed by atoms with Crippen LogP contribution in [0.1, 0.15) is 43.1 Å². The number of carbonyl (C=O) groups is 2. The zero-order chi connectivity index (χ0) is 17.4. The lowest BCUT2D eigenvalue weighted by Crippen LogP contribution is -2.74. The number of rotatable bonds is 5. The number of nitrogens with one attached hydrogen (secondary N) is 1. The van der Waals surface area contributed by atoms with E-state index in [1.807, 2.05) is 27.7 Å². The van der Waals surface area contributed by atoms with Crippen molar-refractivity contribution in [3.63, 3.8) is 0 Å². The van der Waals surface area contributed by atoms with E-state index in [9.17, 15) is 9.59 Å². The molecule has 23 heavy (non-hydrogen) atoms. The Balaban J connectivity index is 2.20. The molecule has 1 saturated carbocycles. The van der Waals surface area contributed by atoms with Gasteiger partial charge in [-0.15, -0.1) is 0 Å². The van der Waals surface area contributed by atoms with Gasteiger partial charge in [0.15, 0.2) is 0 Å². The molecule has 1 aliphatic carbocycles. The molecule has 5 N–H and O–H groups in total. The van der Waals surface area contributed by atoms with Gasteiger partial charge in [-0.1, -0.05) is 19.9 Å². The van der Waals surface area contributed by atoms with E-state index in [4.69, 9.17) is 16.2 Å². The van der Waals surface area contributed by atoms with Crippen molar-refractivity contribution in [3.8, 4) is 0 Å². The van der Waals surface area contributed by atoms with Crippen molar-refractivity contribution in [1.82, 2.24) is 0 Å². The lowest BCUT2D eigenvalue weighted by Gasteiger charge is -2.57. The van der Waals surface area contributed by atoms with Crippen molar-refractivity contribution in [2.75, 3.05) is 11.9 Å². The molecule has 1 aliphatic rings. The largest absolute Gasteiger partial charge is 0.378 e. The van der Waals surface area contributed by atoms with E-state index in [0.29, 0.717) is 24.3 Å². The first-order valence-corrected chi connectivity index (χ1v) is 7.76. The summed E-state index contributed by atoms with van der Waals surface area (Å²) >= 11 is 0. The predicted molar refractivity (Wildman–Crippen MR) is 89.1 cm³/mol. The van der Waals surface area contributed by atoms with Crippen LogP contribution in [0.2, 0.25) is 0 Å². The van der Waals surface area contributed by atoms with Gasteiger partial charge in [-0.3, -0.25) is 9.59 Å². The molecule has 126 valence electrons. The fourth-order valence-corrected chi connectivity index (χ4v) is 2.96. The molecule has 0 aromatic heterocycles. The zero-order valence-corrected chi connectivity index (χ0v) is 14.1. The van der Waals surface area contributed by atoms with E-state index in [-0.39, 0.29) is 12.0 Å². The summed E-state index contributed by atoms with van der Waals surface area (Å²) in [7, 11) is 0. The predicted octanol–water partition coefficient (Wildman–Crippen LogP) is 1.56. The first kappa shape index (κ1) is 17.4. The minimum absolute atomic E-state index is 0.0405. The van der Waals surface area contributed by atoms with Gasteiger partial charge in [0.05, 0.1) is 6.10 Å². The van der Waals surface area contributed by atoms with Gasteiger partial charge in [0.1, 0.15) is 5.54 Å². The molecule has 0 spiro atoms. The summed E-state index contributed by atoms with van der Waals surface area (Å²) in [6.45, 7) is 8.22. The summed E-state index contributed by atoms with van der Waals surface area (Å²) in [5.41, 5.74) is 11.9. The van der Waals surface area contributed by atoms with E-state index < -0.39 is 16.9 Å². The topological polar surface area (TPSA) is 107 Å². The zero-order valence-electron chi connectivity index (χ0n) is 14.1. The Bertz CT molecular complexity index is 642. The third-order valence-corrected chi connectivity index (χ3v) is 5.01. The number of anilines is 1. The number of carbonyl (C=O) groups excluding carboxylic acids is 2. The highest BCUT2D eigenvalue weighted by Crippen LogP contribution is 2.50. The number of nitrogens with two attached hydrogens (primary N) is 2. The fourth-order valence-electron chi connectivity index (χ4n) is 2.96. The van der Waals surface area contributed by atoms with Crippen molar-refractivity contribution in [3.05, 3.63) is 29.3 Å². The molecular weight excluding hydrogens is 294 g/mol. The van der Waals surface area contributed by atoms with Crippen LogP contribution in [0.4, 0.5) is 5.69 Å². The monoisotopic (exact) mass is 319 g/mol. The maximum Gasteiger partial charge on any atom is 0.248 e. The van der Waals surface area contributed by atoms with Crippen LogP contribution in [0.25, 0.3) is 0 Å². The molecule has 0 aliphatic heterocycles. The Kier molecular flexibility index (Phi) is 4.50. The highest BCUT2D eigenvalue weighted by molar-refractivity contribution is 6.01. The Morgan fingerprint density at radius 1 is 1.39 bits per heavy atom. The summed E-state index contributed by atoms with van der Waals surface area (Å²) in [6.07, 6.45) is 0.426. The van der Waals surface area contributed by atoms with E-state index in [0.717, 1.165) is 5.56 Å². The molecule has 6 nitrogen and oxygen atoms in total. The number of primary amides is 1. The van der Waals surface area contributed by atoms with Gasteiger partial charge < -0.3 is 21.5 Å². The van der Waals surface area contributed by atoms with Crippen molar-refractivity contribution in [2.45, 2.75) is 45.8 Å². The molecule has 6 heteroatoms. The summed E-state index contributed by atoms with van der Waals surface area (Å²) in [5, 5.41) is 2.84. The molecule has 1 fully saturated rings. The van der Waals surface area contributed by atoms with Gasteiger partial charge in [0.2, 0.25) is 11.8 Å². The van der Waals surface area contributed by atoms with Gasteiger partial charge in [0, 0.05) is 29.7 Å². The molecule has 1 aromatic carbocycles. The molecule has 0 bridgehead atoms. The van der Waals surface area contributed by atoms with Gasteiger partial charge in [-0.2, -0.15) is 0 Å². The summed E-state index contributed by atoms with van der Waals surface area (Å²) in [4.78, 5) is 24.0. The second-order valence-corrected chi connectivity index (χ2v) is 6.69. The normalized spacial score (nSPS) is 25.5. The Morgan fingerprint density at radius 3 is 2.57 bits per heavy atom. The fraction of sp³-hybridized carbons (Fsp3) is 0.529. The van der Waals surface area contributed by atoms with Gasteiger partial charge in [-0.25, -0.2) is 0 Å². The first-order valence-electron chi connectivity index (χ1n) is 7.76. The maximum atomic E-state index is 12.7. The Labute approximate surface area is 136 Å². The van der Waals surface area contributed by atoms with Crippen molar-refractivity contribution in [1.29, 1.82) is 0 Å². The van der Waals surface area contributed by atoms with E-state index >= 15 is 0 Å². The second kappa shape index (κ2) is 5.94. The van der Waals surface area contributed by atoms with Crippen LogP contribution in [-0.2, 0) is 9.53 Å². The molecule has 2 atom stereocenters. The molecular formula is C17H25N3O3. The van der Waals surface area contributed by atoms with Crippen LogP contribution in [0.5, 0.6) is 0 Å². The minimum atomic E-state index is -1.01. The molecule has 0 heterocycles. The van der Waals surface area contributed by atoms with Crippen LogP contribution in [0.15, 0.2) is 18.2 Å². The second-order valence-electron chi connectivity index (χ2n) is 6.69.